The number of hydrogen-bond acceptors (Lipinski definition) is 2. The molecule has 0 unspecified atom stereocenters. The summed E-state index contributed by atoms with van der Waals surface area (Å²) in [5, 5.41) is 0. The minimum absolute atomic E-state index is 0.600. The van der Waals surface area contributed by atoms with Crippen LogP contribution < -0.4 is 4.74 Å². The molecule has 0 N–H and O–H groups in total. The highest BCUT2D eigenvalue weighted by molar-refractivity contribution is 9.10. The average Bonchev–Trinajstić information content (AvgIpc) is 2.53. The molecule has 0 aliphatic carbocycles. The Balaban J connectivity index is 2.13. The van der Waals surface area contributed by atoms with Crippen LogP contribution >= 0.6 is 15.9 Å². The lowest BCUT2D eigenvalue weighted by Gasteiger charge is -2.21. The first-order valence-electron chi connectivity index (χ1n) is 7.41. The van der Waals surface area contributed by atoms with Crippen molar-refractivity contribution < 1.29 is 4.74 Å². The van der Waals surface area contributed by atoms with Crippen LogP contribution in [0.15, 0.2) is 53.0 Å². The summed E-state index contributed by atoms with van der Waals surface area (Å²) < 4.78 is 7.15. The SMILES string of the molecule is CCN(CC)Cc1c(Br)cccc1OCc1ccccc1. The van der Waals surface area contributed by atoms with Gasteiger partial charge in [-0.1, -0.05) is 66.2 Å². The highest BCUT2D eigenvalue weighted by Crippen LogP contribution is 2.28. The molecule has 0 saturated carbocycles. The second-order valence-electron chi connectivity index (χ2n) is 4.95. The van der Waals surface area contributed by atoms with Gasteiger partial charge >= 0.3 is 0 Å². The lowest BCUT2D eigenvalue weighted by atomic mass is 10.2. The average molecular weight is 348 g/mol. The molecule has 0 heterocycles. The third kappa shape index (κ3) is 4.58. The summed E-state index contributed by atoms with van der Waals surface area (Å²) in [7, 11) is 0. The molecule has 0 fully saturated rings. The van der Waals surface area contributed by atoms with Crippen LogP contribution in [0.1, 0.15) is 25.0 Å². The van der Waals surface area contributed by atoms with Gasteiger partial charge in [0.2, 0.25) is 0 Å². The van der Waals surface area contributed by atoms with Crippen molar-refractivity contribution in [1.29, 1.82) is 0 Å². The van der Waals surface area contributed by atoms with Crippen LogP contribution in [-0.4, -0.2) is 18.0 Å². The Hall–Kier alpha value is -1.32. The molecule has 2 aromatic rings. The van der Waals surface area contributed by atoms with E-state index in [4.69, 9.17) is 4.74 Å². The standard InChI is InChI=1S/C18H22BrNO/c1-3-20(4-2)13-16-17(19)11-8-12-18(16)21-14-15-9-6-5-7-10-15/h5-12H,3-4,13-14H2,1-2H3. The molecule has 0 atom stereocenters. The van der Waals surface area contributed by atoms with Crippen LogP contribution in [0.3, 0.4) is 0 Å². The molecule has 0 bridgehead atoms. The zero-order valence-electron chi connectivity index (χ0n) is 12.7. The molecular formula is C18H22BrNO. The third-order valence-corrected chi connectivity index (χ3v) is 4.33. The largest absolute Gasteiger partial charge is 0.489 e. The van der Waals surface area contributed by atoms with Gasteiger partial charge in [-0.15, -0.1) is 0 Å². The first-order valence-corrected chi connectivity index (χ1v) is 8.20. The predicted octanol–water partition coefficient (Wildman–Crippen LogP) is 4.87. The van der Waals surface area contributed by atoms with Gasteiger partial charge in [-0.05, 0) is 30.8 Å². The predicted molar refractivity (Wildman–Crippen MR) is 91.5 cm³/mol. The molecule has 0 spiro atoms. The highest BCUT2D eigenvalue weighted by Gasteiger charge is 2.11. The maximum atomic E-state index is 6.04. The van der Waals surface area contributed by atoms with Crippen molar-refractivity contribution in [3.8, 4) is 5.75 Å². The molecular weight excluding hydrogens is 326 g/mol. The van der Waals surface area contributed by atoms with Crippen LogP contribution in [-0.2, 0) is 13.2 Å². The fourth-order valence-corrected chi connectivity index (χ4v) is 2.71. The quantitative estimate of drug-likeness (QED) is 0.708. The molecule has 2 rings (SSSR count). The highest BCUT2D eigenvalue weighted by atomic mass is 79.9. The monoisotopic (exact) mass is 347 g/mol. The van der Waals surface area contributed by atoms with E-state index < -0.39 is 0 Å². The lowest BCUT2D eigenvalue weighted by Crippen LogP contribution is -2.22. The summed E-state index contributed by atoms with van der Waals surface area (Å²) in [5.74, 6) is 0.958. The second-order valence-corrected chi connectivity index (χ2v) is 5.81. The Morgan fingerprint density at radius 3 is 2.33 bits per heavy atom. The minimum atomic E-state index is 0.600. The number of nitrogens with zero attached hydrogens (tertiary/aromatic N) is 1. The fraction of sp³-hybridized carbons (Fsp3) is 0.333. The number of hydrogen-bond donors (Lipinski definition) is 0. The number of ether oxygens (including phenoxy) is 1. The van der Waals surface area contributed by atoms with Crippen LogP contribution in [0.4, 0.5) is 0 Å². The second kappa shape index (κ2) is 8.20. The number of benzene rings is 2. The smallest absolute Gasteiger partial charge is 0.125 e. The maximum absolute atomic E-state index is 6.04. The zero-order chi connectivity index (χ0) is 15.1. The molecule has 0 aliphatic heterocycles. The van der Waals surface area contributed by atoms with Crippen molar-refractivity contribution in [2.24, 2.45) is 0 Å². The van der Waals surface area contributed by atoms with Crippen molar-refractivity contribution in [3.63, 3.8) is 0 Å². The molecule has 21 heavy (non-hydrogen) atoms. The summed E-state index contributed by atoms with van der Waals surface area (Å²) in [6.07, 6.45) is 0. The van der Waals surface area contributed by atoms with Gasteiger partial charge in [0.25, 0.3) is 0 Å². The summed E-state index contributed by atoms with van der Waals surface area (Å²) >= 11 is 3.65. The van der Waals surface area contributed by atoms with Crippen LogP contribution in [0.25, 0.3) is 0 Å². The van der Waals surface area contributed by atoms with Crippen LogP contribution in [0.5, 0.6) is 5.75 Å². The van der Waals surface area contributed by atoms with Gasteiger partial charge < -0.3 is 4.74 Å². The van der Waals surface area contributed by atoms with E-state index in [2.05, 4.69) is 52.9 Å². The summed E-state index contributed by atoms with van der Waals surface area (Å²) in [6.45, 7) is 7.95. The normalized spacial score (nSPS) is 10.9. The first kappa shape index (κ1) is 16.1. The van der Waals surface area contributed by atoms with Crippen LogP contribution in [0.2, 0.25) is 0 Å². The van der Waals surface area contributed by atoms with Crippen molar-refractivity contribution >= 4 is 15.9 Å². The minimum Gasteiger partial charge on any atom is -0.489 e. The Morgan fingerprint density at radius 2 is 1.67 bits per heavy atom. The van der Waals surface area contributed by atoms with Gasteiger partial charge in [-0.25, -0.2) is 0 Å². The molecule has 3 heteroatoms. The van der Waals surface area contributed by atoms with E-state index in [0.29, 0.717) is 6.61 Å². The third-order valence-electron chi connectivity index (χ3n) is 3.59. The maximum Gasteiger partial charge on any atom is 0.125 e. The molecule has 0 aliphatic rings. The topological polar surface area (TPSA) is 12.5 Å². The molecule has 2 nitrogen and oxygen atoms in total. The molecule has 0 amide bonds. The van der Waals surface area contributed by atoms with Crippen molar-refractivity contribution in [2.45, 2.75) is 27.0 Å². The number of rotatable bonds is 7. The van der Waals surface area contributed by atoms with Crippen molar-refractivity contribution in [1.82, 2.24) is 4.90 Å². The van der Waals surface area contributed by atoms with E-state index in [1.807, 2.05) is 30.3 Å². The molecule has 112 valence electrons. The van der Waals surface area contributed by atoms with Gasteiger partial charge in [0.05, 0.1) is 0 Å². The zero-order valence-corrected chi connectivity index (χ0v) is 14.3. The number of halogens is 1. The van der Waals surface area contributed by atoms with Gasteiger partial charge in [0.15, 0.2) is 0 Å². The van der Waals surface area contributed by atoms with E-state index in [9.17, 15) is 0 Å². The lowest BCUT2D eigenvalue weighted by molar-refractivity contribution is 0.271. The molecule has 0 aromatic heterocycles. The summed E-state index contributed by atoms with van der Waals surface area (Å²) in [6, 6.07) is 16.4. The van der Waals surface area contributed by atoms with Crippen molar-refractivity contribution in [2.75, 3.05) is 13.1 Å². The van der Waals surface area contributed by atoms with E-state index in [1.165, 1.54) is 11.1 Å². The van der Waals surface area contributed by atoms with E-state index in [0.717, 1.165) is 29.9 Å². The van der Waals surface area contributed by atoms with Gasteiger partial charge in [0, 0.05) is 16.6 Å². The Bertz CT molecular complexity index is 552. The Morgan fingerprint density at radius 1 is 0.952 bits per heavy atom. The molecule has 0 saturated heterocycles. The van der Waals surface area contributed by atoms with Crippen molar-refractivity contribution in [3.05, 3.63) is 64.1 Å². The molecule has 2 aromatic carbocycles. The van der Waals surface area contributed by atoms with Crippen LogP contribution in [0, 0.1) is 0 Å². The summed E-state index contributed by atoms with van der Waals surface area (Å²) in [5.41, 5.74) is 2.41. The van der Waals surface area contributed by atoms with Gasteiger partial charge in [-0.3, -0.25) is 4.90 Å². The van der Waals surface area contributed by atoms with E-state index >= 15 is 0 Å². The van der Waals surface area contributed by atoms with E-state index in [1.54, 1.807) is 0 Å². The first-order chi connectivity index (χ1) is 10.2. The summed E-state index contributed by atoms with van der Waals surface area (Å²) in [4.78, 5) is 2.38. The van der Waals surface area contributed by atoms with Gasteiger partial charge in [-0.2, -0.15) is 0 Å². The fourth-order valence-electron chi connectivity index (χ4n) is 2.23. The molecule has 0 radical (unpaired) electrons. The Kier molecular flexibility index (Phi) is 6.27. The van der Waals surface area contributed by atoms with E-state index in [-0.39, 0.29) is 0 Å². The Labute approximate surface area is 135 Å². The van der Waals surface area contributed by atoms with Gasteiger partial charge in [0.1, 0.15) is 12.4 Å².